The van der Waals surface area contributed by atoms with Gasteiger partial charge in [0.2, 0.25) is 0 Å². The van der Waals surface area contributed by atoms with Gasteiger partial charge in [-0.2, -0.15) is 0 Å². The molecule has 5 heteroatoms. The highest BCUT2D eigenvalue weighted by atomic mass is 28.4. The van der Waals surface area contributed by atoms with Crippen molar-refractivity contribution in [2.75, 3.05) is 19.8 Å². The molecule has 0 N–H and O–H groups in total. The second-order valence-corrected chi connectivity index (χ2v) is 12.7. The van der Waals surface area contributed by atoms with E-state index in [-0.39, 0.29) is 0 Å². The molecule has 0 aromatic rings. The van der Waals surface area contributed by atoms with E-state index in [1.54, 1.807) is 0 Å². The maximum Gasteiger partial charge on any atom is 0.331 e. The van der Waals surface area contributed by atoms with Crippen molar-refractivity contribution in [1.82, 2.24) is 0 Å². The van der Waals surface area contributed by atoms with Gasteiger partial charge >= 0.3 is 8.56 Å². The Morgan fingerprint density at radius 3 is 1.06 bits per heavy atom. The highest BCUT2D eigenvalue weighted by Crippen LogP contribution is 2.04. The van der Waals surface area contributed by atoms with E-state index in [0.717, 1.165) is 19.8 Å². The van der Waals surface area contributed by atoms with E-state index in [4.69, 9.17) is 13.3 Å². The van der Waals surface area contributed by atoms with Crippen LogP contribution in [0.5, 0.6) is 0 Å². The van der Waals surface area contributed by atoms with Crippen LogP contribution >= 0.6 is 0 Å². The molecule has 0 amide bonds. The summed E-state index contributed by atoms with van der Waals surface area (Å²) < 4.78 is 16.1. The molecule has 0 fully saturated rings. The van der Waals surface area contributed by atoms with Crippen molar-refractivity contribution in [2.24, 2.45) is 0 Å². The molecule has 3 nitrogen and oxygen atoms in total. The second-order valence-electron chi connectivity index (χ2n) is 4.81. The summed E-state index contributed by atoms with van der Waals surface area (Å²) in [5, 5.41) is 0. The minimum atomic E-state index is -1.70. The summed E-state index contributed by atoms with van der Waals surface area (Å²) in [6.07, 6.45) is 0. The van der Waals surface area contributed by atoms with Gasteiger partial charge in [0.1, 0.15) is 0 Å². The summed E-state index contributed by atoms with van der Waals surface area (Å²) >= 11 is 0. The lowest BCUT2D eigenvalue weighted by molar-refractivity contribution is 0.196. The summed E-state index contributed by atoms with van der Waals surface area (Å²) in [7, 11) is -2.86. The first kappa shape index (κ1) is 18.7. The first-order chi connectivity index (χ1) is 7.18. The summed E-state index contributed by atoms with van der Waals surface area (Å²) in [6.45, 7) is 19.1. The molecule has 0 aromatic carbocycles. The molecular formula is C11H30O3Si2. The largest absolute Gasteiger partial charge is 0.418 e. The molecule has 0 bridgehead atoms. The van der Waals surface area contributed by atoms with Crippen molar-refractivity contribution in [3.8, 4) is 0 Å². The minimum absolute atomic E-state index is 0.763. The molecule has 16 heavy (non-hydrogen) atoms. The van der Waals surface area contributed by atoms with Gasteiger partial charge in [-0.15, -0.1) is 0 Å². The Labute approximate surface area is 104 Å². The third-order valence-corrected chi connectivity index (χ3v) is 4.68. The Bertz CT molecular complexity index is 148. The van der Waals surface area contributed by atoms with E-state index in [2.05, 4.69) is 32.7 Å². The molecule has 0 atom stereocenters. The third-order valence-electron chi connectivity index (χ3n) is 1.56. The zero-order chi connectivity index (χ0) is 13.2. The van der Waals surface area contributed by atoms with Gasteiger partial charge in [-0.3, -0.25) is 0 Å². The maximum absolute atomic E-state index is 5.39. The summed E-state index contributed by atoms with van der Waals surface area (Å²) in [4.78, 5) is 0. The van der Waals surface area contributed by atoms with E-state index in [0.29, 0.717) is 0 Å². The van der Waals surface area contributed by atoms with Gasteiger partial charge in [-0.1, -0.05) is 0 Å². The molecular weight excluding hydrogens is 236 g/mol. The topological polar surface area (TPSA) is 27.7 Å². The summed E-state index contributed by atoms with van der Waals surface area (Å²) in [5.41, 5.74) is 0. The molecule has 100 valence electrons. The van der Waals surface area contributed by atoms with Crippen LogP contribution in [0, 0.1) is 0 Å². The SMILES string of the molecule is CCO[Si](C)(C)C.CCO[Si](C)(C)OCC. The fourth-order valence-electron chi connectivity index (χ4n) is 1.17. The average Bonchev–Trinajstić information content (AvgIpc) is 2.01. The Morgan fingerprint density at radius 2 is 0.938 bits per heavy atom. The lowest BCUT2D eigenvalue weighted by Crippen LogP contribution is -2.34. The Morgan fingerprint density at radius 1 is 0.625 bits per heavy atom. The number of rotatable bonds is 6. The van der Waals surface area contributed by atoms with Crippen LogP contribution in [-0.4, -0.2) is 36.7 Å². The second kappa shape index (κ2) is 9.35. The zero-order valence-corrected chi connectivity index (χ0v) is 14.3. The van der Waals surface area contributed by atoms with Crippen LogP contribution in [0.3, 0.4) is 0 Å². The van der Waals surface area contributed by atoms with Gasteiger partial charge in [0.05, 0.1) is 0 Å². The average molecular weight is 267 g/mol. The van der Waals surface area contributed by atoms with Crippen LogP contribution < -0.4 is 0 Å². The van der Waals surface area contributed by atoms with E-state index in [1.807, 2.05) is 20.8 Å². The van der Waals surface area contributed by atoms with Crippen LogP contribution in [0.4, 0.5) is 0 Å². The van der Waals surface area contributed by atoms with Gasteiger partial charge in [-0.25, -0.2) is 0 Å². The molecule has 0 saturated carbocycles. The molecule has 0 saturated heterocycles. The standard InChI is InChI=1S/C6H16O2Si.C5H14OSi/c1-5-7-9(3,4)8-6-2;1-5-6-7(2,3)4/h5-6H2,1-4H3;5H2,1-4H3. The predicted octanol–water partition coefficient (Wildman–Crippen LogP) is 3.62. The molecule has 0 rings (SSSR count). The van der Waals surface area contributed by atoms with E-state index >= 15 is 0 Å². The fraction of sp³-hybridized carbons (Fsp3) is 1.00. The van der Waals surface area contributed by atoms with Crippen molar-refractivity contribution >= 4 is 16.9 Å². The van der Waals surface area contributed by atoms with Crippen molar-refractivity contribution in [3.05, 3.63) is 0 Å². The van der Waals surface area contributed by atoms with Crippen molar-refractivity contribution in [2.45, 2.75) is 53.5 Å². The monoisotopic (exact) mass is 266 g/mol. The molecule has 0 radical (unpaired) electrons. The van der Waals surface area contributed by atoms with E-state index < -0.39 is 16.9 Å². The predicted molar refractivity (Wildman–Crippen MR) is 75.7 cm³/mol. The third kappa shape index (κ3) is 16.7. The van der Waals surface area contributed by atoms with Gasteiger partial charge in [-0.05, 0) is 53.5 Å². The van der Waals surface area contributed by atoms with Gasteiger partial charge in [0, 0.05) is 19.8 Å². The van der Waals surface area contributed by atoms with Crippen LogP contribution in [0.1, 0.15) is 20.8 Å². The molecule has 0 unspecified atom stereocenters. The smallest absolute Gasteiger partial charge is 0.331 e. The summed E-state index contributed by atoms with van der Waals surface area (Å²) in [6, 6.07) is 0. The van der Waals surface area contributed by atoms with Crippen LogP contribution in [0.25, 0.3) is 0 Å². The van der Waals surface area contributed by atoms with Crippen molar-refractivity contribution in [1.29, 1.82) is 0 Å². The van der Waals surface area contributed by atoms with E-state index in [1.165, 1.54) is 0 Å². The highest BCUT2D eigenvalue weighted by Gasteiger charge is 2.22. The van der Waals surface area contributed by atoms with Gasteiger partial charge < -0.3 is 13.3 Å². The van der Waals surface area contributed by atoms with E-state index in [9.17, 15) is 0 Å². The molecule has 0 spiro atoms. The first-order valence-corrected chi connectivity index (χ1v) is 12.3. The van der Waals surface area contributed by atoms with Crippen LogP contribution in [-0.2, 0) is 13.3 Å². The first-order valence-electron chi connectivity index (χ1n) is 6.10. The molecule has 0 aromatic heterocycles. The quantitative estimate of drug-likeness (QED) is 0.687. The zero-order valence-electron chi connectivity index (χ0n) is 12.3. The maximum atomic E-state index is 5.39. The Kier molecular flexibility index (Phi) is 10.9. The number of hydrogen-bond donors (Lipinski definition) is 0. The van der Waals surface area contributed by atoms with Gasteiger partial charge in [0.15, 0.2) is 8.32 Å². The van der Waals surface area contributed by atoms with Crippen molar-refractivity contribution in [3.63, 3.8) is 0 Å². The van der Waals surface area contributed by atoms with Crippen LogP contribution in [0.15, 0.2) is 0 Å². The lowest BCUT2D eigenvalue weighted by atomic mass is 10.9. The molecule has 0 aliphatic rings. The molecule has 0 aliphatic heterocycles. The normalized spacial score (nSPS) is 12.0. The summed E-state index contributed by atoms with van der Waals surface area (Å²) in [5.74, 6) is 0. The number of hydrogen-bond acceptors (Lipinski definition) is 3. The Balaban J connectivity index is 0. The van der Waals surface area contributed by atoms with Gasteiger partial charge in [0.25, 0.3) is 0 Å². The highest BCUT2D eigenvalue weighted by molar-refractivity contribution is 6.69. The fourth-order valence-corrected chi connectivity index (χ4v) is 3.51. The van der Waals surface area contributed by atoms with Crippen molar-refractivity contribution < 1.29 is 13.3 Å². The minimum Gasteiger partial charge on any atom is -0.418 e. The Hall–Kier alpha value is 0.314. The molecule has 0 aliphatic carbocycles. The molecule has 0 heterocycles. The lowest BCUT2D eigenvalue weighted by Gasteiger charge is -2.20. The van der Waals surface area contributed by atoms with Crippen LogP contribution in [0.2, 0.25) is 32.7 Å².